The molecular weight excluding hydrogens is 228 g/mol. The van der Waals surface area contributed by atoms with E-state index in [-0.39, 0.29) is 0 Å². The van der Waals surface area contributed by atoms with Crippen LogP contribution >= 0.6 is 11.3 Å². The van der Waals surface area contributed by atoms with Crippen LogP contribution in [0.25, 0.3) is 0 Å². The summed E-state index contributed by atoms with van der Waals surface area (Å²) in [6.07, 6.45) is 1.02. The summed E-state index contributed by atoms with van der Waals surface area (Å²) in [5, 5.41) is 14.1. The van der Waals surface area contributed by atoms with Crippen molar-refractivity contribution in [3.05, 3.63) is 51.7 Å². The fraction of sp³-hybridized carbons (Fsp3) is 0.214. The lowest BCUT2D eigenvalue weighted by Gasteiger charge is -2.09. The Morgan fingerprint density at radius 2 is 2.18 bits per heavy atom. The van der Waals surface area contributed by atoms with Crippen molar-refractivity contribution in [1.29, 1.82) is 5.26 Å². The van der Waals surface area contributed by atoms with Crippen molar-refractivity contribution in [3.8, 4) is 6.07 Å². The molecule has 86 valence electrons. The average molecular weight is 242 g/mol. The van der Waals surface area contributed by atoms with E-state index in [1.54, 1.807) is 11.3 Å². The minimum absolute atomic E-state index is 0.746. The van der Waals surface area contributed by atoms with Gasteiger partial charge in [0.05, 0.1) is 5.56 Å². The highest BCUT2D eigenvalue weighted by atomic mass is 32.1. The topological polar surface area (TPSA) is 35.8 Å². The van der Waals surface area contributed by atoms with Crippen molar-refractivity contribution in [1.82, 2.24) is 0 Å². The summed E-state index contributed by atoms with van der Waals surface area (Å²) in [5.41, 5.74) is 3.25. The van der Waals surface area contributed by atoms with Crippen LogP contribution in [0.15, 0.2) is 35.7 Å². The lowest BCUT2D eigenvalue weighted by Crippen LogP contribution is -2.00. The van der Waals surface area contributed by atoms with Crippen LogP contribution < -0.4 is 5.32 Å². The molecule has 1 N–H and O–H groups in total. The Labute approximate surface area is 106 Å². The van der Waals surface area contributed by atoms with Crippen molar-refractivity contribution >= 4 is 17.0 Å². The molecule has 17 heavy (non-hydrogen) atoms. The molecule has 2 nitrogen and oxygen atoms in total. The van der Waals surface area contributed by atoms with Gasteiger partial charge < -0.3 is 5.32 Å². The molecule has 2 rings (SSSR count). The SMILES string of the molecule is CCc1ccccc1NCc1cc(C#N)cs1. The van der Waals surface area contributed by atoms with Gasteiger partial charge in [-0.3, -0.25) is 0 Å². The zero-order chi connectivity index (χ0) is 12.1. The highest BCUT2D eigenvalue weighted by molar-refractivity contribution is 7.10. The normalized spacial score (nSPS) is 9.88. The molecule has 0 fully saturated rings. The summed E-state index contributed by atoms with van der Waals surface area (Å²) in [6, 6.07) is 12.4. The minimum atomic E-state index is 0.746. The van der Waals surface area contributed by atoms with Gasteiger partial charge in [0.2, 0.25) is 0 Å². The minimum Gasteiger partial charge on any atom is -0.380 e. The van der Waals surface area contributed by atoms with Gasteiger partial charge in [0.25, 0.3) is 0 Å². The second-order valence-corrected chi connectivity index (χ2v) is 4.77. The van der Waals surface area contributed by atoms with Gasteiger partial charge in [0.1, 0.15) is 6.07 Å². The van der Waals surface area contributed by atoms with Crippen LogP contribution in [0.4, 0.5) is 5.69 Å². The lowest BCUT2D eigenvalue weighted by atomic mass is 10.1. The first-order valence-corrected chi connectivity index (χ1v) is 6.50. The third-order valence-electron chi connectivity index (χ3n) is 2.63. The van der Waals surface area contributed by atoms with Gasteiger partial charge in [-0.1, -0.05) is 25.1 Å². The highest BCUT2D eigenvalue weighted by Gasteiger charge is 2.01. The van der Waals surface area contributed by atoms with Gasteiger partial charge in [-0.25, -0.2) is 0 Å². The van der Waals surface area contributed by atoms with E-state index in [0.29, 0.717) is 0 Å². The van der Waals surface area contributed by atoms with Crippen LogP contribution in [-0.4, -0.2) is 0 Å². The average Bonchev–Trinajstić information content (AvgIpc) is 2.84. The van der Waals surface area contributed by atoms with Crippen molar-refractivity contribution in [3.63, 3.8) is 0 Å². The van der Waals surface area contributed by atoms with Crippen LogP contribution in [-0.2, 0) is 13.0 Å². The van der Waals surface area contributed by atoms with Crippen LogP contribution in [0, 0.1) is 11.3 Å². The highest BCUT2D eigenvalue weighted by Crippen LogP contribution is 2.19. The Kier molecular flexibility index (Phi) is 3.79. The van der Waals surface area contributed by atoms with E-state index in [9.17, 15) is 0 Å². The number of anilines is 1. The van der Waals surface area contributed by atoms with Crippen molar-refractivity contribution in [2.45, 2.75) is 19.9 Å². The maximum Gasteiger partial charge on any atom is 0.100 e. The number of hydrogen-bond acceptors (Lipinski definition) is 3. The molecule has 0 aliphatic carbocycles. The quantitative estimate of drug-likeness (QED) is 0.885. The van der Waals surface area contributed by atoms with Gasteiger partial charge in [0, 0.05) is 22.5 Å². The van der Waals surface area contributed by atoms with E-state index in [1.807, 2.05) is 17.5 Å². The molecule has 0 aliphatic heterocycles. The Morgan fingerprint density at radius 1 is 1.35 bits per heavy atom. The maximum absolute atomic E-state index is 8.75. The van der Waals surface area contributed by atoms with Gasteiger partial charge >= 0.3 is 0 Å². The third-order valence-corrected chi connectivity index (χ3v) is 3.57. The summed E-state index contributed by atoms with van der Waals surface area (Å²) in [7, 11) is 0. The molecule has 0 unspecified atom stereocenters. The smallest absolute Gasteiger partial charge is 0.100 e. The van der Waals surface area contributed by atoms with Crippen molar-refractivity contribution in [2.75, 3.05) is 5.32 Å². The predicted molar refractivity (Wildman–Crippen MR) is 72.2 cm³/mol. The first-order valence-electron chi connectivity index (χ1n) is 5.62. The molecular formula is C14H14N2S. The van der Waals surface area contributed by atoms with Crippen LogP contribution in [0.5, 0.6) is 0 Å². The number of hydrogen-bond donors (Lipinski definition) is 1. The van der Waals surface area contributed by atoms with Gasteiger partial charge in [0.15, 0.2) is 0 Å². The molecule has 0 radical (unpaired) electrons. The lowest BCUT2D eigenvalue weighted by molar-refractivity contribution is 1.11. The molecule has 0 bridgehead atoms. The van der Waals surface area contributed by atoms with Gasteiger partial charge in [-0.15, -0.1) is 11.3 Å². The number of thiophene rings is 1. The zero-order valence-electron chi connectivity index (χ0n) is 9.73. The maximum atomic E-state index is 8.75. The fourth-order valence-electron chi connectivity index (χ4n) is 1.72. The summed E-state index contributed by atoms with van der Waals surface area (Å²) in [6.45, 7) is 2.93. The van der Waals surface area contributed by atoms with E-state index in [0.717, 1.165) is 18.5 Å². The molecule has 0 amide bonds. The van der Waals surface area contributed by atoms with Crippen LogP contribution in [0.2, 0.25) is 0 Å². The van der Waals surface area contributed by atoms with Crippen molar-refractivity contribution in [2.24, 2.45) is 0 Å². The number of nitrogens with one attached hydrogen (secondary N) is 1. The number of para-hydroxylation sites is 1. The van der Waals surface area contributed by atoms with Gasteiger partial charge in [-0.2, -0.15) is 5.26 Å². The molecule has 0 aliphatic rings. The summed E-state index contributed by atoms with van der Waals surface area (Å²) < 4.78 is 0. The van der Waals surface area contributed by atoms with Crippen molar-refractivity contribution < 1.29 is 0 Å². The third kappa shape index (κ3) is 2.86. The summed E-state index contributed by atoms with van der Waals surface area (Å²) in [5.74, 6) is 0. The predicted octanol–water partition coefficient (Wildman–Crippen LogP) is 3.79. The molecule has 0 atom stereocenters. The van der Waals surface area contributed by atoms with Crippen LogP contribution in [0.1, 0.15) is 22.9 Å². The summed E-state index contributed by atoms with van der Waals surface area (Å²) in [4.78, 5) is 1.19. The van der Waals surface area contributed by atoms with E-state index in [4.69, 9.17) is 5.26 Å². The standard InChI is InChI=1S/C14H14N2S/c1-2-12-5-3-4-6-14(12)16-9-13-7-11(8-15)10-17-13/h3-7,10,16H,2,9H2,1H3. The Hall–Kier alpha value is -1.79. The number of benzene rings is 1. The molecule has 1 aromatic heterocycles. The second-order valence-electron chi connectivity index (χ2n) is 3.78. The first-order chi connectivity index (χ1) is 8.33. The molecule has 2 aromatic rings. The monoisotopic (exact) mass is 242 g/mol. The number of nitrogens with zero attached hydrogens (tertiary/aromatic N) is 1. The van der Waals surface area contributed by atoms with E-state index >= 15 is 0 Å². The van der Waals surface area contributed by atoms with E-state index in [1.165, 1.54) is 16.1 Å². The van der Waals surface area contributed by atoms with Crippen LogP contribution in [0.3, 0.4) is 0 Å². The molecule has 0 spiro atoms. The number of rotatable bonds is 4. The zero-order valence-corrected chi connectivity index (χ0v) is 10.6. The Morgan fingerprint density at radius 3 is 2.88 bits per heavy atom. The Balaban J connectivity index is 2.05. The second kappa shape index (κ2) is 5.51. The van der Waals surface area contributed by atoms with Gasteiger partial charge in [-0.05, 0) is 24.1 Å². The number of nitriles is 1. The Bertz CT molecular complexity index is 537. The van der Waals surface area contributed by atoms with E-state index in [2.05, 4.69) is 36.5 Å². The molecule has 1 heterocycles. The largest absolute Gasteiger partial charge is 0.380 e. The molecule has 3 heteroatoms. The van der Waals surface area contributed by atoms with E-state index < -0.39 is 0 Å². The molecule has 0 saturated heterocycles. The number of aryl methyl sites for hydroxylation is 1. The fourth-order valence-corrected chi connectivity index (χ4v) is 2.46. The molecule has 1 aromatic carbocycles. The molecule has 0 saturated carbocycles. The summed E-state index contributed by atoms with van der Waals surface area (Å²) >= 11 is 1.62. The first kappa shape index (κ1) is 11.7.